The predicted octanol–water partition coefficient (Wildman–Crippen LogP) is 1.52. The third-order valence-corrected chi connectivity index (χ3v) is 3.72. The third kappa shape index (κ3) is 3.98. The van der Waals surface area contributed by atoms with Crippen molar-refractivity contribution in [1.29, 1.82) is 0 Å². The molecule has 5 heteroatoms. The summed E-state index contributed by atoms with van der Waals surface area (Å²) in [7, 11) is 3.20. The summed E-state index contributed by atoms with van der Waals surface area (Å²) in [5, 5.41) is 0. The van der Waals surface area contributed by atoms with Gasteiger partial charge in [0.05, 0.1) is 14.2 Å². The lowest BCUT2D eigenvalue weighted by atomic mass is 10.1. The molecule has 1 atom stereocenters. The van der Waals surface area contributed by atoms with Crippen LogP contribution < -0.4 is 15.2 Å². The van der Waals surface area contributed by atoms with E-state index in [0.29, 0.717) is 24.0 Å². The lowest BCUT2D eigenvalue weighted by Gasteiger charge is -2.13. The first-order chi connectivity index (χ1) is 10.2. The van der Waals surface area contributed by atoms with Gasteiger partial charge in [-0.2, -0.15) is 0 Å². The molecule has 0 bridgehead atoms. The van der Waals surface area contributed by atoms with Gasteiger partial charge in [-0.25, -0.2) is 0 Å². The summed E-state index contributed by atoms with van der Waals surface area (Å²) in [6, 6.07) is 5.52. The molecule has 1 aliphatic heterocycles. The second-order valence-electron chi connectivity index (χ2n) is 5.15. The van der Waals surface area contributed by atoms with E-state index in [4.69, 9.17) is 15.2 Å². The quantitative estimate of drug-likeness (QED) is 0.835. The first-order valence-electron chi connectivity index (χ1n) is 7.06. The molecule has 2 rings (SSSR count). The highest BCUT2D eigenvalue weighted by molar-refractivity contribution is 5.92. The van der Waals surface area contributed by atoms with Gasteiger partial charge in [-0.15, -0.1) is 0 Å². The Labute approximate surface area is 125 Å². The van der Waals surface area contributed by atoms with Gasteiger partial charge < -0.3 is 20.1 Å². The van der Waals surface area contributed by atoms with Gasteiger partial charge in [0.2, 0.25) is 5.91 Å². The van der Waals surface area contributed by atoms with Crippen molar-refractivity contribution in [3.63, 3.8) is 0 Å². The lowest BCUT2D eigenvalue weighted by Crippen LogP contribution is -2.28. The van der Waals surface area contributed by atoms with Gasteiger partial charge in [0, 0.05) is 25.2 Å². The average molecular weight is 290 g/mol. The van der Waals surface area contributed by atoms with E-state index < -0.39 is 0 Å². The molecule has 1 unspecified atom stereocenters. The Morgan fingerprint density at radius 3 is 2.52 bits per heavy atom. The van der Waals surface area contributed by atoms with Gasteiger partial charge in [0.15, 0.2) is 0 Å². The van der Waals surface area contributed by atoms with Crippen molar-refractivity contribution >= 4 is 12.0 Å². The average Bonchev–Trinajstić information content (AvgIpc) is 3.01. The topological polar surface area (TPSA) is 64.8 Å². The highest BCUT2D eigenvalue weighted by Crippen LogP contribution is 2.23. The summed E-state index contributed by atoms with van der Waals surface area (Å²) in [6.45, 7) is 2.17. The highest BCUT2D eigenvalue weighted by atomic mass is 16.5. The number of carbonyl (C=O) groups is 1. The molecule has 0 saturated carbocycles. The fourth-order valence-electron chi connectivity index (χ4n) is 2.42. The van der Waals surface area contributed by atoms with Crippen molar-refractivity contribution in [3.8, 4) is 11.5 Å². The number of hydrogen-bond acceptors (Lipinski definition) is 4. The van der Waals surface area contributed by atoms with Crippen molar-refractivity contribution < 1.29 is 14.3 Å². The number of methoxy groups -OCH3 is 2. The molecule has 5 nitrogen and oxygen atoms in total. The van der Waals surface area contributed by atoms with E-state index in [1.807, 2.05) is 17.0 Å². The lowest BCUT2D eigenvalue weighted by molar-refractivity contribution is -0.125. The normalized spacial score (nSPS) is 18.2. The van der Waals surface area contributed by atoms with Crippen LogP contribution in [0, 0.1) is 5.92 Å². The molecule has 1 fully saturated rings. The zero-order chi connectivity index (χ0) is 15.2. The number of carbonyl (C=O) groups excluding carboxylic acids is 1. The van der Waals surface area contributed by atoms with Crippen LogP contribution in [0.3, 0.4) is 0 Å². The molecular formula is C16H22N2O3. The van der Waals surface area contributed by atoms with E-state index >= 15 is 0 Å². The number of nitrogens with zero attached hydrogens (tertiary/aromatic N) is 1. The largest absolute Gasteiger partial charge is 0.497 e. The van der Waals surface area contributed by atoms with Crippen molar-refractivity contribution in [1.82, 2.24) is 4.90 Å². The molecule has 1 heterocycles. The zero-order valence-electron chi connectivity index (χ0n) is 12.5. The van der Waals surface area contributed by atoms with E-state index in [1.54, 1.807) is 32.4 Å². The minimum Gasteiger partial charge on any atom is -0.497 e. The van der Waals surface area contributed by atoms with E-state index in [0.717, 1.165) is 25.1 Å². The minimum absolute atomic E-state index is 0.0211. The molecule has 1 aromatic rings. The molecule has 1 saturated heterocycles. The Balaban J connectivity index is 2.05. The van der Waals surface area contributed by atoms with Crippen molar-refractivity contribution in [2.75, 3.05) is 33.9 Å². The summed E-state index contributed by atoms with van der Waals surface area (Å²) in [6.07, 6.45) is 4.36. The summed E-state index contributed by atoms with van der Waals surface area (Å²) in [5.41, 5.74) is 6.51. The van der Waals surface area contributed by atoms with Gasteiger partial charge >= 0.3 is 0 Å². The van der Waals surface area contributed by atoms with E-state index in [2.05, 4.69) is 0 Å². The van der Waals surface area contributed by atoms with E-state index in [-0.39, 0.29) is 5.91 Å². The standard InChI is InChI=1S/C16H22N2O3/c1-20-14-7-12(8-15(9-14)21-2)3-4-16(19)18-6-5-13(10-17)11-18/h3-4,7-9,13H,5-6,10-11,17H2,1-2H3/b4-3+. The molecule has 114 valence electrons. The number of ether oxygens (including phenoxy) is 2. The van der Waals surface area contributed by atoms with Crippen LogP contribution in [0.25, 0.3) is 6.08 Å². The maximum absolute atomic E-state index is 12.1. The Morgan fingerprint density at radius 2 is 2.00 bits per heavy atom. The fraction of sp³-hybridized carbons (Fsp3) is 0.438. The summed E-state index contributed by atoms with van der Waals surface area (Å²) in [5.74, 6) is 1.85. The van der Waals surface area contributed by atoms with Crippen LogP contribution in [0.5, 0.6) is 11.5 Å². The Hall–Kier alpha value is -2.01. The van der Waals surface area contributed by atoms with Crippen LogP contribution in [0.4, 0.5) is 0 Å². The Kier molecular flexibility index (Phi) is 5.22. The van der Waals surface area contributed by atoms with Gasteiger partial charge in [-0.3, -0.25) is 4.79 Å². The van der Waals surface area contributed by atoms with Crippen molar-refractivity contribution in [2.45, 2.75) is 6.42 Å². The van der Waals surface area contributed by atoms with Crippen molar-refractivity contribution in [2.24, 2.45) is 11.7 Å². The van der Waals surface area contributed by atoms with Crippen molar-refractivity contribution in [3.05, 3.63) is 29.8 Å². The molecular weight excluding hydrogens is 268 g/mol. The minimum atomic E-state index is 0.0211. The summed E-state index contributed by atoms with van der Waals surface area (Å²) in [4.78, 5) is 14.0. The summed E-state index contributed by atoms with van der Waals surface area (Å²) >= 11 is 0. The molecule has 0 spiro atoms. The molecule has 0 radical (unpaired) electrons. The second-order valence-corrected chi connectivity index (χ2v) is 5.15. The van der Waals surface area contributed by atoms with Crippen LogP contribution >= 0.6 is 0 Å². The number of rotatable bonds is 5. The van der Waals surface area contributed by atoms with Gasteiger partial charge in [-0.1, -0.05) is 0 Å². The number of amides is 1. The fourth-order valence-corrected chi connectivity index (χ4v) is 2.42. The van der Waals surface area contributed by atoms with E-state index in [9.17, 15) is 4.79 Å². The van der Waals surface area contributed by atoms with Crippen LogP contribution in [0.2, 0.25) is 0 Å². The first-order valence-corrected chi connectivity index (χ1v) is 7.06. The van der Waals surface area contributed by atoms with Gasteiger partial charge in [0.25, 0.3) is 0 Å². The number of nitrogens with two attached hydrogens (primary N) is 1. The second kappa shape index (κ2) is 7.13. The van der Waals surface area contributed by atoms with Gasteiger partial charge in [-0.05, 0) is 42.7 Å². The van der Waals surface area contributed by atoms with E-state index in [1.165, 1.54) is 0 Å². The molecule has 21 heavy (non-hydrogen) atoms. The maximum atomic E-state index is 12.1. The SMILES string of the molecule is COc1cc(/C=C/C(=O)N2CCC(CN)C2)cc(OC)c1. The summed E-state index contributed by atoms with van der Waals surface area (Å²) < 4.78 is 10.4. The van der Waals surface area contributed by atoms with Gasteiger partial charge in [0.1, 0.15) is 11.5 Å². The monoisotopic (exact) mass is 290 g/mol. The smallest absolute Gasteiger partial charge is 0.246 e. The van der Waals surface area contributed by atoms with Crippen LogP contribution in [0.15, 0.2) is 24.3 Å². The molecule has 0 aliphatic carbocycles. The molecule has 2 N–H and O–H groups in total. The predicted molar refractivity (Wildman–Crippen MR) is 82.3 cm³/mol. The Morgan fingerprint density at radius 1 is 1.33 bits per heavy atom. The zero-order valence-corrected chi connectivity index (χ0v) is 12.5. The Bertz CT molecular complexity index is 506. The third-order valence-electron chi connectivity index (χ3n) is 3.72. The number of likely N-dealkylation sites (tertiary alicyclic amines) is 1. The van der Waals surface area contributed by atoms with Crippen LogP contribution in [0.1, 0.15) is 12.0 Å². The maximum Gasteiger partial charge on any atom is 0.246 e. The number of benzene rings is 1. The molecule has 1 amide bonds. The molecule has 1 aliphatic rings. The van der Waals surface area contributed by atoms with Crippen LogP contribution in [-0.4, -0.2) is 44.7 Å². The first kappa shape index (κ1) is 15.4. The highest BCUT2D eigenvalue weighted by Gasteiger charge is 2.23. The van der Waals surface area contributed by atoms with Crippen LogP contribution in [-0.2, 0) is 4.79 Å². The molecule has 0 aromatic heterocycles. The number of hydrogen-bond donors (Lipinski definition) is 1. The molecule has 1 aromatic carbocycles.